The Morgan fingerprint density at radius 3 is 2.47 bits per heavy atom. The number of sulfonamides is 1. The first-order valence-corrected chi connectivity index (χ1v) is 10.5. The normalized spacial score (nSPS) is 11.4. The molecule has 0 radical (unpaired) electrons. The molecule has 0 atom stereocenters. The summed E-state index contributed by atoms with van der Waals surface area (Å²) in [4.78, 5) is 12.3. The number of amides is 1. The van der Waals surface area contributed by atoms with Crippen molar-refractivity contribution in [1.82, 2.24) is 9.78 Å². The third kappa shape index (κ3) is 5.26. The maximum atomic E-state index is 12.8. The van der Waals surface area contributed by atoms with Crippen LogP contribution in [0.1, 0.15) is 11.1 Å². The third-order valence-corrected chi connectivity index (χ3v) is 5.76. The zero-order valence-corrected chi connectivity index (χ0v) is 17.6. The maximum Gasteiger partial charge on any atom is 0.262 e. The van der Waals surface area contributed by atoms with Gasteiger partial charge in [0.25, 0.3) is 10.0 Å². The van der Waals surface area contributed by atoms with E-state index in [4.69, 9.17) is 4.74 Å². The van der Waals surface area contributed by atoms with Crippen LogP contribution >= 0.6 is 0 Å². The lowest BCUT2D eigenvalue weighted by molar-refractivity contribution is -0.111. The van der Waals surface area contributed by atoms with E-state index in [0.717, 1.165) is 5.56 Å². The number of ether oxygens (including phenoxy) is 1. The summed E-state index contributed by atoms with van der Waals surface area (Å²) < 4.78 is 34.9. The molecule has 0 saturated heterocycles. The molecule has 30 heavy (non-hydrogen) atoms. The number of benzene rings is 2. The van der Waals surface area contributed by atoms with Crippen molar-refractivity contribution >= 4 is 33.4 Å². The van der Waals surface area contributed by atoms with Crippen molar-refractivity contribution in [3.05, 3.63) is 72.1 Å². The Bertz CT molecular complexity index is 1180. The van der Waals surface area contributed by atoms with Crippen LogP contribution in [0.25, 0.3) is 6.08 Å². The molecule has 156 valence electrons. The molecule has 0 saturated carbocycles. The summed E-state index contributed by atoms with van der Waals surface area (Å²) in [5, 5.41) is 6.70. The molecule has 0 aliphatic carbocycles. The quantitative estimate of drug-likeness (QED) is 0.565. The fourth-order valence-corrected chi connectivity index (χ4v) is 4.05. The number of nitrogens with zero attached hydrogens (tertiary/aromatic N) is 2. The number of carbonyl (C=O) groups excluding carboxylic acids is 1. The van der Waals surface area contributed by atoms with Crippen LogP contribution in [0.15, 0.2) is 65.8 Å². The second-order valence-electron chi connectivity index (χ2n) is 6.58. The van der Waals surface area contributed by atoms with Crippen molar-refractivity contribution in [2.45, 2.75) is 11.8 Å². The second kappa shape index (κ2) is 8.83. The Morgan fingerprint density at radius 1 is 1.13 bits per heavy atom. The molecule has 3 aromatic rings. The number of anilines is 2. The van der Waals surface area contributed by atoms with Gasteiger partial charge in [0.15, 0.2) is 0 Å². The summed E-state index contributed by atoms with van der Waals surface area (Å²) >= 11 is 0. The molecule has 0 unspecified atom stereocenters. The van der Waals surface area contributed by atoms with E-state index in [1.807, 2.05) is 0 Å². The molecule has 2 N–H and O–H groups in total. The molecule has 0 spiro atoms. The molecule has 0 fully saturated rings. The molecule has 1 heterocycles. The number of rotatable bonds is 7. The fourth-order valence-electron chi connectivity index (χ4n) is 2.72. The van der Waals surface area contributed by atoms with Crippen LogP contribution < -0.4 is 14.8 Å². The topological polar surface area (TPSA) is 102 Å². The SMILES string of the molecule is COc1ccc(NS(=O)(=O)c2cc(NC(=O)/C=C/c3cnn(C)c3)ccc2C)cc1. The monoisotopic (exact) mass is 426 g/mol. The van der Waals surface area contributed by atoms with Gasteiger partial charge in [0, 0.05) is 36.3 Å². The molecule has 2 aromatic carbocycles. The first kappa shape index (κ1) is 21.1. The first-order valence-electron chi connectivity index (χ1n) is 9.02. The predicted octanol–water partition coefficient (Wildman–Crippen LogP) is 3.19. The van der Waals surface area contributed by atoms with Gasteiger partial charge < -0.3 is 10.1 Å². The van der Waals surface area contributed by atoms with Crippen LogP contribution in [0.5, 0.6) is 5.75 Å². The van der Waals surface area contributed by atoms with Crippen LogP contribution in [0, 0.1) is 6.92 Å². The highest BCUT2D eigenvalue weighted by molar-refractivity contribution is 7.92. The lowest BCUT2D eigenvalue weighted by Crippen LogP contribution is -2.15. The summed E-state index contributed by atoms with van der Waals surface area (Å²) in [5.41, 5.74) is 2.11. The van der Waals surface area contributed by atoms with E-state index < -0.39 is 10.0 Å². The molecule has 0 bridgehead atoms. The molecule has 1 aromatic heterocycles. The Labute approximate surface area is 175 Å². The Hall–Kier alpha value is -3.59. The van der Waals surface area contributed by atoms with E-state index in [9.17, 15) is 13.2 Å². The predicted molar refractivity (Wildman–Crippen MR) is 116 cm³/mol. The van der Waals surface area contributed by atoms with Crippen molar-refractivity contribution in [2.24, 2.45) is 7.05 Å². The Kier molecular flexibility index (Phi) is 6.22. The third-order valence-electron chi connectivity index (χ3n) is 4.24. The molecular weight excluding hydrogens is 404 g/mol. The molecular formula is C21H22N4O4S. The number of hydrogen-bond acceptors (Lipinski definition) is 5. The highest BCUT2D eigenvalue weighted by Gasteiger charge is 2.18. The van der Waals surface area contributed by atoms with Crippen LogP contribution in [0.4, 0.5) is 11.4 Å². The molecule has 1 amide bonds. The van der Waals surface area contributed by atoms with E-state index in [-0.39, 0.29) is 10.8 Å². The molecule has 3 rings (SSSR count). The van der Waals surface area contributed by atoms with Gasteiger partial charge in [0.1, 0.15) is 5.75 Å². The number of carbonyl (C=O) groups is 1. The second-order valence-corrected chi connectivity index (χ2v) is 8.24. The molecule has 8 nitrogen and oxygen atoms in total. The fraction of sp³-hybridized carbons (Fsp3) is 0.143. The zero-order valence-electron chi connectivity index (χ0n) is 16.8. The van der Waals surface area contributed by atoms with E-state index in [0.29, 0.717) is 22.7 Å². The van der Waals surface area contributed by atoms with Crippen LogP contribution in [-0.4, -0.2) is 31.2 Å². The van der Waals surface area contributed by atoms with Crippen LogP contribution in [-0.2, 0) is 21.9 Å². The van der Waals surface area contributed by atoms with Gasteiger partial charge in [0.2, 0.25) is 5.91 Å². The van der Waals surface area contributed by atoms with Gasteiger partial charge in [-0.15, -0.1) is 0 Å². The number of aromatic nitrogens is 2. The van der Waals surface area contributed by atoms with Gasteiger partial charge in [-0.25, -0.2) is 8.42 Å². The summed E-state index contributed by atoms with van der Waals surface area (Å²) in [6, 6.07) is 11.3. The number of hydrogen-bond donors (Lipinski definition) is 2. The van der Waals surface area contributed by atoms with Gasteiger partial charge in [-0.2, -0.15) is 5.10 Å². The van der Waals surface area contributed by atoms with Crippen LogP contribution in [0.3, 0.4) is 0 Å². The standard InChI is InChI=1S/C21H22N4O4S/c1-15-4-6-18(23-21(26)11-5-16-13-22-25(2)14-16)12-20(15)30(27,28)24-17-7-9-19(29-3)10-8-17/h4-14,24H,1-3H3,(H,23,26)/b11-5+. The number of methoxy groups -OCH3 is 1. The summed E-state index contributed by atoms with van der Waals surface area (Å²) in [6.45, 7) is 1.69. The van der Waals surface area contributed by atoms with Gasteiger partial charge in [-0.1, -0.05) is 6.07 Å². The van der Waals surface area contributed by atoms with Crippen molar-refractivity contribution < 1.29 is 17.9 Å². The highest BCUT2D eigenvalue weighted by Crippen LogP contribution is 2.24. The summed E-state index contributed by atoms with van der Waals surface area (Å²) in [6.07, 6.45) is 6.39. The molecule has 9 heteroatoms. The van der Waals surface area contributed by atoms with E-state index in [1.165, 1.54) is 19.3 Å². The summed E-state index contributed by atoms with van der Waals surface area (Å²) in [5.74, 6) is 0.243. The lowest BCUT2D eigenvalue weighted by atomic mass is 10.2. The minimum Gasteiger partial charge on any atom is -0.497 e. The minimum atomic E-state index is -3.85. The van der Waals surface area contributed by atoms with Crippen molar-refractivity contribution in [1.29, 1.82) is 0 Å². The van der Waals surface area contributed by atoms with E-state index in [2.05, 4.69) is 15.1 Å². The van der Waals surface area contributed by atoms with Crippen LogP contribution in [0.2, 0.25) is 0 Å². The highest BCUT2D eigenvalue weighted by atomic mass is 32.2. The van der Waals surface area contributed by atoms with Gasteiger partial charge in [-0.3, -0.25) is 14.2 Å². The Balaban J connectivity index is 1.76. The molecule has 0 aliphatic heterocycles. The van der Waals surface area contributed by atoms with Crippen molar-refractivity contribution in [3.63, 3.8) is 0 Å². The molecule has 0 aliphatic rings. The number of nitrogens with one attached hydrogen (secondary N) is 2. The smallest absolute Gasteiger partial charge is 0.262 e. The van der Waals surface area contributed by atoms with E-state index in [1.54, 1.807) is 73.5 Å². The average Bonchev–Trinajstić information content (AvgIpc) is 3.13. The van der Waals surface area contributed by atoms with Crippen molar-refractivity contribution in [3.8, 4) is 5.75 Å². The van der Waals surface area contributed by atoms with Crippen molar-refractivity contribution in [2.75, 3.05) is 17.1 Å². The van der Waals surface area contributed by atoms with Gasteiger partial charge in [0.05, 0.1) is 18.2 Å². The van der Waals surface area contributed by atoms with Gasteiger partial charge in [-0.05, 0) is 55.0 Å². The van der Waals surface area contributed by atoms with Gasteiger partial charge >= 0.3 is 0 Å². The summed E-state index contributed by atoms with van der Waals surface area (Å²) in [7, 11) is -0.526. The first-order chi connectivity index (χ1) is 14.3. The Morgan fingerprint density at radius 2 is 1.83 bits per heavy atom. The van der Waals surface area contributed by atoms with E-state index >= 15 is 0 Å². The number of aryl methyl sites for hydroxylation is 2. The largest absolute Gasteiger partial charge is 0.497 e. The average molecular weight is 426 g/mol. The minimum absolute atomic E-state index is 0.0763. The maximum absolute atomic E-state index is 12.8. The zero-order chi connectivity index (χ0) is 21.7. The lowest BCUT2D eigenvalue weighted by Gasteiger charge is -2.12.